The summed E-state index contributed by atoms with van der Waals surface area (Å²) in [5.74, 6) is 0.265. The van der Waals surface area contributed by atoms with Crippen LogP contribution in [0.3, 0.4) is 0 Å². The molecule has 0 saturated carbocycles. The van der Waals surface area contributed by atoms with Crippen molar-refractivity contribution in [3.05, 3.63) is 249 Å². The highest BCUT2D eigenvalue weighted by Crippen LogP contribution is 2.48. The molecule has 0 saturated heterocycles. The van der Waals surface area contributed by atoms with Crippen LogP contribution >= 0.6 is 11.6 Å². The molecule has 0 amide bonds. The lowest BCUT2D eigenvalue weighted by Gasteiger charge is -2.27. The fraction of sp³-hybridized carbons (Fsp3) is 0.143. The van der Waals surface area contributed by atoms with Crippen molar-refractivity contribution in [3.63, 3.8) is 0 Å². The Morgan fingerprint density at radius 2 is 0.712 bits per heavy atom. The van der Waals surface area contributed by atoms with Crippen LogP contribution in [-0.2, 0) is 0 Å². The van der Waals surface area contributed by atoms with E-state index in [4.69, 9.17) is 21.6 Å². The molecule has 9 rings (SSSR count). The van der Waals surface area contributed by atoms with Gasteiger partial charge in [-0.25, -0.2) is 9.98 Å². The van der Waals surface area contributed by atoms with Crippen LogP contribution < -0.4 is 0 Å². The molecule has 1 aliphatic carbocycles. The van der Waals surface area contributed by atoms with Gasteiger partial charge in [0.2, 0.25) is 0 Å². The van der Waals surface area contributed by atoms with Gasteiger partial charge < -0.3 is 0 Å². The molecule has 0 heterocycles. The fourth-order valence-corrected chi connectivity index (χ4v) is 9.21. The van der Waals surface area contributed by atoms with Crippen molar-refractivity contribution >= 4 is 45.2 Å². The van der Waals surface area contributed by atoms with Gasteiger partial charge in [-0.3, -0.25) is 0 Å². The molecular formula is C56H47ClN2. The third kappa shape index (κ3) is 7.35. The van der Waals surface area contributed by atoms with Gasteiger partial charge in [0.15, 0.2) is 0 Å². The fourth-order valence-electron chi connectivity index (χ4n) is 8.98. The molecule has 0 aliphatic heterocycles. The van der Waals surface area contributed by atoms with Gasteiger partial charge in [0.25, 0.3) is 0 Å². The van der Waals surface area contributed by atoms with E-state index in [-0.39, 0.29) is 23.7 Å². The summed E-state index contributed by atoms with van der Waals surface area (Å²) in [6.07, 6.45) is 0. The maximum atomic E-state index is 7.37. The van der Waals surface area contributed by atoms with Gasteiger partial charge in [-0.05, 0) is 73.9 Å². The van der Waals surface area contributed by atoms with Crippen molar-refractivity contribution in [1.29, 1.82) is 0 Å². The molecule has 3 heteroatoms. The first kappa shape index (κ1) is 38.2. The van der Waals surface area contributed by atoms with Crippen LogP contribution in [0.25, 0.3) is 10.8 Å². The van der Waals surface area contributed by atoms with Gasteiger partial charge in [-0.15, -0.1) is 0 Å². The minimum absolute atomic E-state index is 0.157. The summed E-state index contributed by atoms with van der Waals surface area (Å²) >= 11 is 7.37. The highest BCUT2D eigenvalue weighted by molar-refractivity contribution is 6.61. The first-order chi connectivity index (χ1) is 28.9. The molecule has 8 aromatic rings. The maximum absolute atomic E-state index is 7.37. The average molecular weight is 783 g/mol. The largest absolute Gasteiger partial charge is 0.245 e. The van der Waals surface area contributed by atoms with Gasteiger partial charge in [0.05, 0.1) is 22.8 Å². The number of benzene rings is 8. The van der Waals surface area contributed by atoms with Crippen LogP contribution in [0.2, 0.25) is 5.02 Å². The summed E-state index contributed by atoms with van der Waals surface area (Å²) in [4.78, 5) is 11.8. The zero-order chi connectivity index (χ0) is 40.5. The van der Waals surface area contributed by atoms with E-state index in [1.165, 1.54) is 44.2 Å². The molecule has 59 heavy (non-hydrogen) atoms. The second-order valence-corrected chi connectivity index (χ2v) is 16.6. The summed E-state index contributed by atoms with van der Waals surface area (Å²) in [5.41, 5.74) is 15.1. The Morgan fingerprint density at radius 3 is 1.07 bits per heavy atom. The lowest BCUT2D eigenvalue weighted by Crippen LogP contribution is -2.13. The number of hydrogen-bond donors (Lipinski definition) is 0. The van der Waals surface area contributed by atoms with Crippen LogP contribution in [0.4, 0.5) is 11.4 Å². The summed E-state index contributed by atoms with van der Waals surface area (Å²) in [5, 5.41) is 3.03. The van der Waals surface area contributed by atoms with E-state index >= 15 is 0 Å². The average Bonchev–Trinajstić information content (AvgIpc) is 3.56. The first-order valence-electron chi connectivity index (χ1n) is 20.7. The van der Waals surface area contributed by atoms with E-state index in [0.29, 0.717) is 5.02 Å². The van der Waals surface area contributed by atoms with Crippen LogP contribution in [0.5, 0.6) is 0 Å². The second-order valence-electron chi connectivity index (χ2n) is 16.2. The SMILES string of the molecule is CC(C)c1cccc(C(C)C)c1N=C1C(=Nc2c(C(c3ccccc3)c3ccccc3)cc(Cl)cc2C(c2ccccc2)c2ccccc2)c2cccc3cccc1c23. The Kier molecular flexibility index (Phi) is 10.7. The van der Waals surface area contributed by atoms with Crippen LogP contribution in [-0.4, -0.2) is 11.4 Å². The summed E-state index contributed by atoms with van der Waals surface area (Å²) in [7, 11) is 0. The van der Waals surface area contributed by atoms with Gasteiger partial charge in [0, 0.05) is 33.4 Å². The molecule has 0 atom stereocenters. The minimum Gasteiger partial charge on any atom is -0.245 e. The normalized spacial score (nSPS) is 13.8. The monoisotopic (exact) mass is 782 g/mol. The van der Waals surface area contributed by atoms with Crippen molar-refractivity contribution < 1.29 is 0 Å². The molecule has 0 aromatic heterocycles. The lowest BCUT2D eigenvalue weighted by molar-refractivity contribution is 0.835. The Bertz CT molecular complexity index is 2610. The van der Waals surface area contributed by atoms with Gasteiger partial charge in [-0.1, -0.05) is 215 Å². The topological polar surface area (TPSA) is 24.7 Å². The Hall–Kier alpha value is -6.35. The molecule has 0 fully saturated rings. The van der Waals surface area contributed by atoms with Crippen molar-refractivity contribution in [2.24, 2.45) is 9.98 Å². The predicted octanol–water partition coefficient (Wildman–Crippen LogP) is 15.4. The van der Waals surface area contributed by atoms with Crippen LogP contribution in [0.15, 0.2) is 198 Å². The first-order valence-corrected chi connectivity index (χ1v) is 21.1. The number of aliphatic imine (C=N–C) groups is 2. The Balaban J connectivity index is 1.43. The van der Waals surface area contributed by atoms with Gasteiger partial charge in [0.1, 0.15) is 0 Å². The summed E-state index contributed by atoms with van der Waals surface area (Å²) < 4.78 is 0. The van der Waals surface area contributed by atoms with Crippen molar-refractivity contribution in [1.82, 2.24) is 0 Å². The van der Waals surface area contributed by atoms with E-state index in [0.717, 1.165) is 45.1 Å². The smallest absolute Gasteiger partial charge is 0.0979 e. The Labute approximate surface area is 353 Å². The van der Waals surface area contributed by atoms with E-state index in [9.17, 15) is 0 Å². The van der Waals surface area contributed by atoms with Gasteiger partial charge >= 0.3 is 0 Å². The molecule has 0 bridgehead atoms. The molecule has 0 spiro atoms. The van der Waals surface area contributed by atoms with Crippen LogP contribution in [0, 0.1) is 0 Å². The summed E-state index contributed by atoms with van der Waals surface area (Å²) in [6.45, 7) is 9.04. The molecule has 0 unspecified atom stereocenters. The number of rotatable bonds is 10. The molecule has 2 nitrogen and oxygen atoms in total. The van der Waals surface area contributed by atoms with Crippen molar-refractivity contribution in [2.45, 2.75) is 51.4 Å². The second kappa shape index (κ2) is 16.5. The number of para-hydroxylation sites is 1. The zero-order valence-corrected chi connectivity index (χ0v) is 34.7. The van der Waals surface area contributed by atoms with Crippen molar-refractivity contribution in [2.75, 3.05) is 0 Å². The number of nitrogens with zero attached hydrogens (tertiary/aromatic N) is 2. The predicted molar refractivity (Wildman–Crippen MR) is 250 cm³/mol. The van der Waals surface area contributed by atoms with Gasteiger partial charge in [-0.2, -0.15) is 0 Å². The van der Waals surface area contributed by atoms with E-state index < -0.39 is 0 Å². The quantitative estimate of drug-likeness (QED) is 0.123. The zero-order valence-electron chi connectivity index (χ0n) is 34.0. The molecule has 0 N–H and O–H groups in total. The van der Waals surface area contributed by atoms with Crippen LogP contribution in [0.1, 0.15) is 107 Å². The minimum atomic E-state index is -0.157. The van der Waals surface area contributed by atoms with E-state index in [1.807, 2.05) is 0 Å². The highest BCUT2D eigenvalue weighted by Gasteiger charge is 2.32. The van der Waals surface area contributed by atoms with Crippen molar-refractivity contribution in [3.8, 4) is 0 Å². The summed E-state index contributed by atoms with van der Waals surface area (Å²) in [6, 6.07) is 67.1. The molecule has 288 valence electrons. The molecule has 1 aliphatic rings. The van der Waals surface area contributed by atoms with E-state index in [1.54, 1.807) is 0 Å². The number of halogens is 1. The molecule has 0 radical (unpaired) electrons. The van der Waals surface area contributed by atoms with E-state index in [2.05, 4.69) is 216 Å². The number of hydrogen-bond acceptors (Lipinski definition) is 2. The lowest BCUT2D eigenvalue weighted by atomic mass is 9.79. The maximum Gasteiger partial charge on any atom is 0.0979 e. The third-order valence-electron chi connectivity index (χ3n) is 11.7. The highest BCUT2D eigenvalue weighted by atomic mass is 35.5. The Morgan fingerprint density at radius 1 is 0.373 bits per heavy atom. The standard InChI is InChI=1S/C56H47ClN2/c1-36(2)44-30-19-31-45(37(3)4)53(44)58-55-46-32-17-28-42-29-18-33-47(52(42)46)56(55)59-54-48(50(38-20-9-5-10-21-38)39-22-11-6-12-23-39)34-43(57)35-49(54)51(40-24-13-7-14-25-40)41-26-15-8-16-27-41/h5-37,50-51H,1-4H3. The third-order valence-corrected chi connectivity index (χ3v) is 11.9. The molecule has 8 aromatic carbocycles. The molecular weight excluding hydrogens is 736 g/mol.